The maximum absolute atomic E-state index is 11.2. The van der Waals surface area contributed by atoms with Crippen molar-refractivity contribution in [1.82, 2.24) is 5.32 Å². The molecule has 1 unspecified atom stereocenters. The van der Waals surface area contributed by atoms with Gasteiger partial charge in [0.25, 0.3) is 0 Å². The highest BCUT2D eigenvalue weighted by atomic mass is 16.5. The first-order chi connectivity index (χ1) is 8.59. The third-order valence-corrected chi connectivity index (χ3v) is 2.25. The van der Waals surface area contributed by atoms with E-state index in [1.165, 1.54) is 0 Å². The smallest absolute Gasteiger partial charge is 0.407 e. The molecule has 0 heterocycles. The van der Waals surface area contributed by atoms with E-state index in [2.05, 4.69) is 5.32 Å². The minimum absolute atomic E-state index is 0.162. The van der Waals surface area contributed by atoms with Gasteiger partial charge in [0.1, 0.15) is 12.6 Å². The Labute approximate surface area is 105 Å². The number of hydrogen-bond acceptors (Lipinski definition) is 4. The van der Waals surface area contributed by atoms with E-state index in [1.54, 1.807) is 0 Å². The van der Waals surface area contributed by atoms with Gasteiger partial charge in [0.2, 0.25) is 0 Å². The van der Waals surface area contributed by atoms with Gasteiger partial charge in [-0.3, -0.25) is 4.79 Å². The summed E-state index contributed by atoms with van der Waals surface area (Å²) in [5.74, 6) is -1.09. The topological polar surface area (TPSA) is 102 Å². The van der Waals surface area contributed by atoms with Crippen LogP contribution in [0.15, 0.2) is 30.3 Å². The number of rotatable bonds is 6. The lowest BCUT2D eigenvalue weighted by molar-refractivity contribution is -0.138. The van der Waals surface area contributed by atoms with E-state index in [9.17, 15) is 9.59 Å². The van der Waals surface area contributed by atoms with Gasteiger partial charge in [0.15, 0.2) is 0 Å². The normalized spacial score (nSPS) is 11.6. The summed E-state index contributed by atoms with van der Waals surface area (Å²) in [7, 11) is 0. The predicted molar refractivity (Wildman–Crippen MR) is 64.9 cm³/mol. The van der Waals surface area contributed by atoms with Crippen LogP contribution < -0.4 is 11.1 Å². The fourth-order valence-electron chi connectivity index (χ4n) is 1.23. The molecule has 0 bridgehead atoms. The van der Waals surface area contributed by atoms with Gasteiger partial charge in [-0.1, -0.05) is 30.3 Å². The lowest BCUT2D eigenvalue weighted by atomic mass is 10.2. The van der Waals surface area contributed by atoms with Crippen molar-refractivity contribution in [2.24, 2.45) is 5.73 Å². The Morgan fingerprint density at radius 1 is 1.33 bits per heavy atom. The largest absolute Gasteiger partial charge is 0.480 e. The molecule has 1 atom stereocenters. The van der Waals surface area contributed by atoms with E-state index < -0.39 is 18.1 Å². The maximum atomic E-state index is 11.2. The molecule has 98 valence electrons. The summed E-state index contributed by atoms with van der Waals surface area (Å²) in [4.78, 5) is 21.7. The summed E-state index contributed by atoms with van der Waals surface area (Å²) in [6.07, 6.45) is -0.424. The molecule has 6 heteroatoms. The highest BCUT2D eigenvalue weighted by molar-refractivity contribution is 5.73. The molecule has 0 saturated carbocycles. The molecule has 1 aromatic rings. The van der Waals surface area contributed by atoms with Crippen LogP contribution in [0.5, 0.6) is 0 Å². The standard InChI is InChI=1S/C12H16N2O4/c13-10(11(15)16)6-7-14-12(17)18-8-9-4-2-1-3-5-9/h1-5,10H,6-8,13H2,(H,14,17)(H,15,16). The lowest BCUT2D eigenvalue weighted by Gasteiger charge is -2.08. The van der Waals surface area contributed by atoms with E-state index in [0.29, 0.717) is 0 Å². The molecule has 0 aliphatic carbocycles. The van der Waals surface area contributed by atoms with Crippen molar-refractivity contribution in [2.45, 2.75) is 19.1 Å². The molecule has 0 aliphatic rings. The SMILES string of the molecule is NC(CCNC(=O)OCc1ccccc1)C(=O)O. The number of alkyl carbamates (subject to hydrolysis) is 1. The van der Waals surface area contributed by atoms with Gasteiger partial charge in [-0.2, -0.15) is 0 Å². The van der Waals surface area contributed by atoms with Gasteiger partial charge >= 0.3 is 12.1 Å². The van der Waals surface area contributed by atoms with Gasteiger partial charge in [-0.05, 0) is 12.0 Å². The van der Waals surface area contributed by atoms with Crippen LogP contribution in [0.4, 0.5) is 4.79 Å². The van der Waals surface area contributed by atoms with E-state index in [4.69, 9.17) is 15.6 Å². The van der Waals surface area contributed by atoms with Crippen LogP contribution in [0, 0.1) is 0 Å². The van der Waals surface area contributed by atoms with Crippen LogP contribution in [-0.4, -0.2) is 29.8 Å². The Bertz CT molecular complexity index is 394. The molecule has 0 saturated heterocycles. The number of carboxylic acid groups (broad SMARTS) is 1. The molecule has 1 amide bonds. The summed E-state index contributed by atoms with van der Waals surface area (Å²) in [5.41, 5.74) is 6.16. The monoisotopic (exact) mass is 252 g/mol. The van der Waals surface area contributed by atoms with Crippen molar-refractivity contribution in [2.75, 3.05) is 6.54 Å². The number of nitrogens with one attached hydrogen (secondary N) is 1. The number of aliphatic carboxylic acids is 1. The summed E-state index contributed by atoms with van der Waals surface area (Å²) < 4.78 is 4.93. The van der Waals surface area contributed by atoms with Gasteiger partial charge in [0, 0.05) is 6.54 Å². The zero-order valence-electron chi connectivity index (χ0n) is 9.83. The number of amides is 1. The second kappa shape index (κ2) is 7.29. The second-order valence-corrected chi connectivity index (χ2v) is 3.72. The van der Waals surface area contributed by atoms with Crippen molar-refractivity contribution >= 4 is 12.1 Å². The first kappa shape index (κ1) is 14.0. The highest BCUT2D eigenvalue weighted by Crippen LogP contribution is 2.00. The summed E-state index contributed by atoms with van der Waals surface area (Å²) >= 11 is 0. The molecule has 6 nitrogen and oxygen atoms in total. The maximum Gasteiger partial charge on any atom is 0.407 e. The summed E-state index contributed by atoms with van der Waals surface area (Å²) in [6, 6.07) is 8.28. The van der Waals surface area contributed by atoms with Crippen molar-refractivity contribution in [1.29, 1.82) is 0 Å². The lowest BCUT2D eigenvalue weighted by Crippen LogP contribution is -2.35. The first-order valence-corrected chi connectivity index (χ1v) is 5.52. The summed E-state index contributed by atoms with van der Waals surface area (Å²) in [6.45, 7) is 0.346. The Kier molecular flexibility index (Phi) is 5.66. The van der Waals surface area contributed by atoms with Crippen LogP contribution >= 0.6 is 0 Å². The zero-order valence-corrected chi connectivity index (χ0v) is 9.83. The fourth-order valence-corrected chi connectivity index (χ4v) is 1.23. The van der Waals surface area contributed by atoms with Crippen LogP contribution in [0.25, 0.3) is 0 Å². The van der Waals surface area contributed by atoms with Gasteiger partial charge in [-0.15, -0.1) is 0 Å². The molecule has 0 fully saturated rings. The third kappa shape index (κ3) is 5.31. The Balaban J connectivity index is 2.17. The number of carbonyl (C=O) groups is 2. The van der Waals surface area contributed by atoms with Crippen molar-refractivity contribution in [3.63, 3.8) is 0 Å². The van der Waals surface area contributed by atoms with Gasteiger partial charge < -0.3 is 20.9 Å². The number of hydrogen-bond donors (Lipinski definition) is 3. The Morgan fingerprint density at radius 2 is 2.00 bits per heavy atom. The van der Waals surface area contributed by atoms with Gasteiger partial charge in [-0.25, -0.2) is 4.79 Å². The highest BCUT2D eigenvalue weighted by Gasteiger charge is 2.11. The number of benzene rings is 1. The molecule has 0 aromatic heterocycles. The summed E-state index contributed by atoms with van der Waals surface area (Å²) in [5, 5.41) is 11.0. The van der Waals surface area contributed by atoms with Crippen molar-refractivity contribution in [3.05, 3.63) is 35.9 Å². The fraction of sp³-hybridized carbons (Fsp3) is 0.333. The van der Waals surface area contributed by atoms with Crippen LogP contribution in [-0.2, 0) is 16.1 Å². The molecule has 0 spiro atoms. The first-order valence-electron chi connectivity index (χ1n) is 5.52. The van der Waals surface area contributed by atoms with E-state index in [0.717, 1.165) is 5.56 Å². The Morgan fingerprint density at radius 3 is 2.61 bits per heavy atom. The molecule has 18 heavy (non-hydrogen) atoms. The van der Waals surface area contributed by atoms with E-state index >= 15 is 0 Å². The Hall–Kier alpha value is -2.08. The quantitative estimate of drug-likeness (QED) is 0.692. The minimum Gasteiger partial charge on any atom is -0.480 e. The zero-order chi connectivity index (χ0) is 13.4. The molecular weight excluding hydrogens is 236 g/mol. The molecule has 0 radical (unpaired) electrons. The number of carboxylic acids is 1. The van der Waals surface area contributed by atoms with Crippen molar-refractivity contribution in [3.8, 4) is 0 Å². The number of ether oxygens (including phenoxy) is 1. The predicted octanol–water partition coefficient (Wildman–Crippen LogP) is 0.715. The molecule has 1 rings (SSSR count). The average Bonchev–Trinajstić information content (AvgIpc) is 2.37. The van der Waals surface area contributed by atoms with E-state index in [-0.39, 0.29) is 19.6 Å². The van der Waals surface area contributed by atoms with Crippen LogP contribution in [0.2, 0.25) is 0 Å². The van der Waals surface area contributed by atoms with Crippen LogP contribution in [0.3, 0.4) is 0 Å². The minimum atomic E-state index is -1.09. The van der Waals surface area contributed by atoms with Crippen molar-refractivity contribution < 1.29 is 19.4 Å². The molecule has 4 N–H and O–H groups in total. The van der Waals surface area contributed by atoms with E-state index in [1.807, 2.05) is 30.3 Å². The number of carbonyl (C=O) groups excluding carboxylic acids is 1. The molecule has 0 aliphatic heterocycles. The molecular formula is C12H16N2O4. The number of nitrogens with two attached hydrogens (primary N) is 1. The second-order valence-electron chi connectivity index (χ2n) is 3.72. The van der Waals surface area contributed by atoms with Crippen LogP contribution in [0.1, 0.15) is 12.0 Å². The third-order valence-electron chi connectivity index (χ3n) is 2.25. The van der Waals surface area contributed by atoms with Gasteiger partial charge in [0.05, 0.1) is 0 Å². The molecule has 1 aromatic carbocycles. The average molecular weight is 252 g/mol.